The first kappa shape index (κ1) is 17.8. The van der Waals surface area contributed by atoms with Crippen molar-refractivity contribution in [3.05, 3.63) is 77.4 Å². The Morgan fingerprint density at radius 1 is 1.19 bits per heavy atom. The highest BCUT2D eigenvalue weighted by Crippen LogP contribution is 2.31. The van der Waals surface area contributed by atoms with Crippen LogP contribution in [0.4, 0.5) is 0 Å². The molecule has 0 aliphatic carbocycles. The zero-order valence-corrected chi connectivity index (χ0v) is 15.9. The van der Waals surface area contributed by atoms with E-state index in [0.717, 1.165) is 28.6 Å². The Balaban J connectivity index is 2.01. The number of hydrogen-bond acceptors (Lipinski definition) is 6. The molecule has 0 amide bonds. The maximum Gasteiger partial charge on any atom is 0.266 e. The van der Waals surface area contributed by atoms with Gasteiger partial charge in [0.05, 0.1) is 17.7 Å². The van der Waals surface area contributed by atoms with Gasteiger partial charge in [-0.25, -0.2) is 9.18 Å². The molecule has 1 unspecified atom stereocenters. The number of aromatic nitrogens is 3. The second kappa shape index (κ2) is 6.88. The number of hydrogen-bond donors (Lipinski definition) is 0. The molecule has 1 aliphatic heterocycles. The number of nitrogens with zero attached hydrogens (tertiary/aromatic N) is 4. The fourth-order valence-electron chi connectivity index (χ4n) is 2.96. The lowest BCUT2D eigenvalue weighted by atomic mass is 9.99. The summed E-state index contributed by atoms with van der Waals surface area (Å²) in [5.74, 6) is 0.624. The monoisotopic (exact) mass is 402 g/mol. The van der Waals surface area contributed by atoms with E-state index in [4.69, 9.17) is 15.8 Å². The Labute approximate surface area is 161 Å². The number of rotatable bonds is 4. The number of fused-ring (bicyclic) bond motifs is 3. The third kappa shape index (κ3) is 3.51. The van der Waals surface area contributed by atoms with Crippen molar-refractivity contribution in [2.75, 3.05) is 6.26 Å². The van der Waals surface area contributed by atoms with Gasteiger partial charge >= 0.3 is 0 Å². The molecular formula is C18H15ClN4O3S. The third-order valence-corrected chi connectivity index (χ3v) is 4.92. The molecule has 0 bridgehead atoms. The molecule has 0 saturated heterocycles. The minimum Gasteiger partial charge on any atom is -0.281 e. The molecule has 0 saturated carbocycles. The average Bonchev–Trinajstić information content (AvgIpc) is 3.10. The van der Waals surface area contributed by atoms with Gasteiger partial charge in [-0.15, -0.1) is 21.8 Å². The summed E-state index contributed by atoms with van der Waals surface area (Å²) >= 11 is 6.02. The largest absolute Gasteiger partial charge is 0.281 e. The van der Waals surface area contributed by atoms with Crippen LogP contribution in [0.15, 0.2) is 59.9 Å². The molecule has 0 radical (unpaired) electrons. The summed E-state index contributed by atoms with van der Waals surface area (Å²) in [6, 6.07) is 15.2. The van der Waals surface area contributed by atoms with Gasteiger partial charge in [-0.05, 0) is 17.7 Å². The van der Waals surface area contributed by atoms with Crippen LogP contribution in [-0.4, -0.2) is 35.1 Å². The molecule has 0 fully saturated rings. The summed E-state index contributed by atoms with van der Waals surface area (Å²) in [5, 5.41) is 7.95. The molecule has 1 aliphatic rings. The molecule has 2 heterocycles. The van der Waals surface area contributed by atoms with E-state index in [1.54, 1.807) is 4.57 Å². The van der Waals surface area contributed by atoms with Gasteiger partial charge in [0.2, 0.25) is 6.23 Å². The predicted octanol–water partition coefficient (Wildman–Crippen LogP) is 2.83. The standard InChI is InChI=1S/C18H15ClN4O3S/c1-27(24,25)26-18-17-22-20-11-23(17)15-8-7-12(10-19)9-14(15)16(21-18)13-5-3-2-4-6-13/h2-9,11,18H,10H2,1H3. The third-order valence-electron chi connectivity index (χ3n) is 4.08. The quantitative estimate of drug-likeness (QED) is 0.494. The van der Waals surface area contributed by atoms with Crippen molar-refractivity contribution in [2.45, 2.75) is 12.1 Å². The summed E-state index contributed by atoms with van der Waals surface area (Å²) in [5.41, 5.74) is 3.89. The van der Waals surface area contributed by atoms with E-state index >= 15 is 0 Å². The van der Waals surface area contributed by atoms with Crippen molar-refractivity contribution in [3.63, 3.8) is 0 Å². The highest BCUT2D eigenvalue weighted by molar-refractivity contribution is 7.86. The lowest BCUT2D eigenvalue weighted by molar-refractivity contribution is 0.214. The molecule has 1 atom stereocenters. The van der Waals surface area contributed by atoms with E-state index in [0.29, 0.717) is 11.6 Å². The lowest BCUT2D eigenvalue weighted by Gasteiger charge is -2.12. The highest BCUT2D eigenvalue weighted by atomic mass is 35.5. The molecule has 0 N–H and O–H groups in total. The van der Waals surface area contributed by atoms with Crippen LogP contribution < -0.4 is 0 Å². The van der Waals surface area contributed by atoms with Crippen LogP contribution in [0.5, 0.6) is 0 Å². The number of benzene rings is 2. The Kier molecular flexibility index (Phi) is 4.55. The Bertz CT molecular complexity index is 1130. The zero-order valence-electron chi connectivity index (χ0n) is 14.3. The first-order valence-corrected chi connectivity index (χ1v) is 10.4. The number of halogens is 1. The summed E-state index contributed by atoms with van der Waals surface area (Å²) in [7, 11) is -3.78. The van der Waals surface area contributed by atoms with Crippen LogP contribution in [0.2, 0.25) is 0 Å². The molecule has 3 aromatic rings. The predicted molar refractivity (Wildman–Crippen MR) is 102 cm³/mol. The number of aliphatic imine (C=N–C) groups is 1. The second-order valence-electron chi connectivity index (χ2n) is 6.04. The van der Waals surface area contributed by atoms with E-state index in [1.165, 1.54) is 6.33 Å². The fraction of sp³-hybridized carbons (Fsp3) is 0.167. The first-order chi connectivity index (χ1) is 13.0. The first-order valence-electron chi connectivity index (χ1n) is 8.07. The van der Waals surface area contributed by atoms with Gasteiger partial charge < -0.3 is 0 Å². The van der Waals surface area contributed by atoms with Gasteiger partial charge in [-0.1, -0.05) is 36.4 Å². The van der Waals surface area contributed by atoms with E-state index < -0.39 is 16.3 Å². The van der Waals surface area contributed by atoms with Gasteiger partial charge in [0.1, 0.15) is 6.33 Å². The SMILES string of the molecule is CS(=O)(=O)OC1N=C(c2ccccc2)c2cc(CCl)ccc2-n2cnnc21. The Morgan fingerprint density at radius 3 is 2.67 bits per heavy atom. The van der Waals surface area contributed by atoms with Crippen molar-refractivity contribution in [1.29, 1.82) is 0 Å². The lowest BCUT2D eigenvalue weighted by Crippen LogP contribution is -2.13. The molecule has 4 rings (SSSR count). The maximum absolute atomic E-state index is 11.8. The minimum absolute atomic E-state index is 0.284. The van der Waals surface area contributed by atoms with Crippen LogP contribution >= 0.6 is 11.6 Å². The fourth-order valence-corrected chi connectivity index (χ4v) is 3.59. The van der Waals surface area contributed by atoms with Crippen LogP contribution in [0, 0.1) is 0 Å². The van der Waals surface area contributed by atoms with Crippen LogP contribution in [0.3, 0.4) is 0 Å². The molecule has 1 aromatic heterocycles. The summed E-state index contributed by atoms with van der Waals surface area (Å²) in [6.07, 6.45) is 1.34. The molecule has 7 nitrogen and oxygen atoms in total. The van der Waals surface area contributed by atoms with Crippen LogP contribution in [0.25, 0.3) is 5.69 Å². The molecular weight excluding hydrogens is 388 g/mol. The van der Waals surface area contributed by atoms with E-state index in [2.05, 4.69) is 15.2 Å². The molecule has 9 heteroatoms. The summed E-state index contributed by atoms with van der Waals surface area (Å²) in [6.45, 7) is 0. The van der Waals surface area contributed by atoms with E-state index in [-0.39, 0.29) is 5.82 Å². The molecule has 0 spiro atoms. The highest BCUT2D eigenvalue weighted by Gasteiger charge is 2.29. The Morgan fingerprint density at radius 2 is 1.96 bits per heavy atom. The minimum atomic E-state index is -3.78. The van der Waals surface area contributed by atoms with Crippen molar-refractivity contribution in [1.82, 2.24) is 14.8 Å². The molecule has 27 heavy (non-hydrogen) atoms. The maximum atomic E-state index is 11.8. The summed E-state index contributed by atoms with van der Waals surface area (Å²) < 4.78 is 30.5. The molecule has 138 valence electrons. The van der Waals surface area contributed by atoms with Gasteiger partial charge in [0.15, 0.2) is 5.82 Å². The topological polar surface area (TPSA) is 86.4 Å². The summed E-state index contributed by atoms with van der Waals surface area (Å²) in [4.78, 5) is 4.61. The van der Waals surface area contributed by atoms with Crippen molar-refractivity contribution in [3.8, 4) is 5.69 Å². The van der Waals surface area contributed by atoms with Gasteiger partial charge in [-0.2, -0.15) is 8.42 Å². The van der Waals surface area contributed by atoms with E-state index in [1.807, 2.05) is 48.5 Å². The Hall–Kier alpha value is -2.55. The molecule has 2 aromatic carbocycles. The van der Waals surface area contributed by atoms with Crippen molar-refractivity contribution in [2.24, 2.45) is 4.99 Å². The van der Waals surface area contributed by atoms with E-state index in [9.17, 15) is 8.42 Å². The van der Waals surface area contributed by atoms with Gasteiger partial charge in [0.25, 0.3) is 10.1 Å². The van der Waals surface area contributed by atoms with Crippen molar-refractivity contribution >= 4 is 27.4 Å². The van der Waals surface area contributed by atoms with Gasteiger partial charge in [0, 0.05) is 17.0 Å². The second-order valence-corrected chi connectivity index (χ2v) is 7.91. The smallest absolute Gasteiger partial charge is 0.266 e. The zero-order chi connectivity index (χ0) is 19.0. The number of alkyl halides is 1. The van der Waals surface area contributed by atoms with Crippen LogP contribution in [0.1, 0.15) is 28.7 Å². The van der Waals surface area contributed by atoms with Crippen LogP contribution in [-0.2, 0) is 20.2 Å². The van der Waals surface area contributed by atoms with Crippen molar-refractivity contribution < 1.29 is 12.6 Å². The normalized spacial score (nSPS) is 16.2. The van der Waals surface area contributed by atoms with Gasteiger partial charge in [-0.3, -0.25) is 4.57 Å². The average molecular weight is 403 g/mol.